The van der Waals surface area contributed by atoms with Gasteiger partial charge in [0.25, 0.3) is 5.91 Å². The number of amides is 1. The van der Waals surface area contributed by atoms with Crippen LogP contribution in [0.2, 0.25) is 0 Å². The monoisotopic (exact) mass is 343 g/mol. The number of nitrogens with one attached hydrogen (secondary N) is 1. The summed E-state index contributed by atoms with van der Waals surface area (Å²) in [5, 5.41) is 2.82. The third-order valence-corrected chi connectivity index (χ3v) is 3.54. The average Bonchev–Trinajstić information content (AvgIpc) is 2.63. The molecule has 0 unspecified atom stereocenters. The molecule has 0 bridgehead atoms. The lowest BCUT2D eigenvalue weighted by atomic mass is 10.2. The van der Waals surface area contributed by atoms with E-state index in [0.29, 0.717) is 36.1 Å². The molecule has 0 fully saturated rings. The molecule has 0 aliphatic rings. The Morgan fingerprint density at radius 1 is 0.880 bits per heavy atom. The fourth-order valence-corrected chi connectivity index (χ4v) is 2.30. The summed E-state index contributed by atoms with van der Waals surface area (Å²) in [7, 11) is 0. The lowest BCUT2D eigenvalue weighted by Gasteiger charge is -2.14. The first-order valence-electron chi connectivity index (χ1n) is 8.57. The molecule has 0 atom stereocenters. The lowest BCUT2D eigenvalue weighted by molar-refractivity contribution is -0.118. The van der Waals surface area contributed by atoms with Gasteiger partial charge in [0.05, 0.1) is 18.9 Å². The van der Waals surface area contributed by atoms with Gasteiger partial charge in [0.2, 0.25) is 0 Å². The molecule has 0 saturated heterocycles. The predicted molar refractivity (Wildman–Crippen MR) is 98.7 cm³/mol. The minimum atomic E-state index is -0.255. The number of carbonyl (C=O) groups is 1. The smallest absolute Gasteiger partial charge is 0.262 e. The van der Waals surface area contributed by atoms with E-state index < -0.39 is 0 Å². The summed E-state index contributed by atoms with van der Waals surface area (Å²) in [6.45, 7) is 6.89. The molecule has 2 aromatic rings. The van der Waals surface area contributed by atoms with Crippen LogP contribution in [0.1, 0.15) is 26.3 Å². The van der Waals surface area contributed by atoms with E-state index in [0.717, 1.165) is 6.42 Å². The topological polar surface area (TPSA) is 56.8 Å². The first-order valence-corrected chi connectivity index (χ1v) is 8.57. The number of carbonyl (C=O) groups excluding carboxylic acids is 1. The second-order valence-electron chi connectivity index (χ2n) is 5.36. The number of rotatable bonds is 9. The van der Waals surface area contributed by atoms with Crippen LogP contribution < -0.4 is 19.5 Å². The number of benzene rings is 2. The van der Waals surface area contributed by atoms with Crippen LogP contribution in [0.25, 0.3) is 0 Å². The number of ether oxygens (including phenoxy) is 3. The highest BCUT2D eigenvalue weighted by molar-refractivity contribution is 5.93. The zero-order chi connectivity index (χ0) is 18.1. The molecule has 0 radical (unpaired) electrons. The zero-order valence-corrected chi connectivity index (χ0v) is 15.0. The van der Waals surface area contributed by atoms with Gasteiger partial charge in [-0.25, -0.2) is 0 Å². The largest absolute Gasteiger partial charge is 0.494 e. The fourth-order valence-electron chi connectivity index (χ4n) is 2.30. The van der Waals surface area contributed by atoms with Crippen molar-refractivity contribution in [2.75, 3.05) is 25.1 Å². The molecule has 0 saturated carbocycles. The summed E-state index contributed by atoms with van der Waals surface area (Å²) in [6, 6.07) is 13.1. The summed E-state index contributed by atoms with van der Waals surface area (Å²) < 4.78 is 16.6. The SMILES string of the molecule is CCOc1ccc(OCC)c(NC(=O)COc2ccc(CC)cc2)c1. The Morgan fingerprint density at radius 2 is 1.56 bits per heavy atom. The predicted octanol–water partition coefficient (Wildman–Crippen LogP) is 4.06. The van der Waals surface area contributed by atoms with Crippen molar-refractivity contribution in [2.24, 2.45) is 0 Å². The van der Waals surface area contributed by atoms with Crippen molar-refractivity contribution >= 4 is 11.6 Å². The highest BCUT2D eigenvalue weighted by atomic mass is 16.5. The van der Waals surface area contributed by atoms with Crippen LogP contribution in [0.4, 0.5) is 5.69 Å². The van der Waals surface area contributed by atoms with E-state index >= 15 is 0 Å². The average molecular weight is 343 g/mol. The summed E-state index contributed by atoms with van der Waals surface area (Å²) in [4.78, 5) is 12.2. The van der Waals surface area contributed by atoms with Gasteiger partial charge < -0.3 is 19.5 Å². The van der Waals surface area contributed by atoms with E-state index in [1.165, 1.54) is 5.56 Å². The lowest BCUT2D eigenvalue weighted by Crippen LogP contribution is -2.20. The van der Waals surface area contributed by atoms with E-state index in [1.807, 2.05) is 44.2 Å². The Labute approximate surface area is 148 Å². The molecule has 0 spiro atoms. The van der Waals surface area contributed by atoms with Crippen molar-refractivity contribution in [1.29, 1.82) is 0 Å². The van der Waals surface area contributed by atoms with Crippen LogP contribution in [0, 0.1) is 0 Å². The highest BCUT2D eigenvalue weighted by Gasteiger charge is 2.10. The van der Waals surface area contributed by atoms with Crippen LogP contribution in [-0.4, -0.2) is 25.7 Å². The Balaban J connectivity index is 1.99. The van der Waals surface area contributed by atoms with Crippen LogP contribution >= 0.6 is 0 Å². The van der Waals surface area contributed by atoms with Gasteiger partial charge in [-0.1, -0.05) is 19.1 Å². The van der Waals surface area contributed by atoms with Crippen molar-refractivity contribution in [1.82, 2.24) is 0 Å². The van der Waals surface area contributed by atoms with Crippen molar-refractivity contribution in [2.45, 2.75) is 27.2 Å². The molecule has 2 rings (SSSR count). The Kier molecular flexibility index (Phi) is 7.14. The van der Waals surface area contributed by atoms with E-state index in [1.54, 1.807) is 12.1 Å². The van der Waals surface area contributed by atoms with Crippen molar-refractivity contribution in [3.05, 3.63) is 48.0 Å². The minimum absolute atomic E-state index is 0.0735. The van der Waals surface area contributed by atoms with Gasteiger partial charge in [0.15, 0.2) is 6.61 Å². The van der Waals surface area contributed by atoms with Gasteiger partial charge in [0, 0.05) is 6.07 Å². The molecule has 0 heterocycles. The summed E-state index contributed by atoms with van der Waals surface area (Å²) in [5.74, 6) is 1.69. The maximum atomic E-state index is 12.2. The highest BCUT2D eigenvalue weighted by Crippen LogP contribution is 2.29. The molecule has 0 aliphatic heterocycles. The molecule has 25 heavy (non-hydrogen) atoms. The van der Waals surface area contributed by atoms with Gasteiger partial charge in [-0.3, -0.25) is 4.79 Å². The van der Waals surface area contributed by atoms with Gasteiger partial charge >= 0.3 is 0 Å². The van der Waals surface area contributed by atoms with Crippen LogP contribution in [0.5, 0.6) is 17.2 Å². The Bertz CT molecular complexity index is 683. The normalized spacial score (nSPS) is 10.2. The first kappa shape index (κ1) is 18.6. The number of hydrogen-bond donors (Lipinski definition) is 1. The summed E-state index contributed by atoms with van der Waals surface area (Å²) >= 11 is 0. The van der Waals surface area contributed by atoms with Crippen LogP contribution in [0.15, 0.2) is 42.5 Å². The second-order valence-corrected chi connectivity index (χ2v) is 5.36. The molecule has 0 aliphatic carbocycles. The third-order valence-electron chi connectivity index (χ3n) is 3.54. The van der Waals surface area contributed by atoms with E-state index in [-0.39, 0.29) is 12.5 Å². The first-order chi connectivity index (χ1) is 12.2. The van der Waals surface area contributed by atoms with E-state index in [9.17, 15) is 4.79 Å². The van der Waals surface area contributed by atoms with Gasteiger partial charge in [-0.15, -0.1) is 0 Å². The molecule has 0 aromatic heterocycles. The standard InChI is InChI=1S/C20H25NO4/c1-4-15-7-9-16(10-8-15)25-14-20(22)21-18-13-17(23-5-2)11-12-19(18)24-6-3/h7-13H,4-6,14H2,1-3H3,(H,21,22). The number of aryl methyl sites for hydroxylation is 1. The molecular formula is C20H25NO4. The molecule has 5 heteroatoms. The summed E-state index contributed by atoms with van der Waals surface area (Å²) in [5.41, 5.74) is 1.80. The van der Waals surface area contributed by atoms with Crippen molar-refractivity contribution < 1.29 is 19.0 Å². The van der Waals surface area contributed by atoms with Crippen LogP contribution in [0.3, 0.4) is 0 Å². The second kappa shape index (κ2) is 9.57. The van der Waals surface area contributed by atoms with E-state index in [2.05, 4.69) is 12.2 Å². The van der Waals surface area contributed by atoms with Crippen molar-refractivity contribution in [3.63, 3.8) is 0 Å². The van der Waals surface area contributed by atoms with Gasteiger partial charge in [-0.05, 0) is 50.1 Å². The quantitative estimate of drug-likeness (QED) is 0.746. The molecule has 1 amide bonds. The number of anilines is 1. The minimum Gasteiger partial charge on any atom is -0.494 e. The van der Waals surface area contributed by atoms with E-state index in [4.69, 9.17) is 14.2 Å². The number of hydrogen-bond acceptors (Lipinski definition) is 4. The molecule has 134 valence electrons. The Hall–Kier alpha value is -2.69. The molecule has 5 nitrogen and oxygen atoms in total. The third kappa shape index (κ3) is 5.71. The summed E-state index contributed by atoms with van der Waals surface area (Å²) in [6.07, 6.45) is 0.969. The molecule has 2 aromatic carbocycles. The zero-order valence-electron chi connectivity index (χ0n) is 15.0. The van der Waals surface area contributed by atoms with Gasteiger partial charge in [0.1, 0.15) is 17.2 Å². The fraction of sp³-hybridized carbons (Fsp3) is 0.350. The molecule has 1 N–H and O–H groups in total. The maximum absolute atomic E-state index is 12.2. The Morgan fingerprint density at radius 3 is 2.20 bits per heavy atom. The maximum Gasteiger partial charge on any atom is 0.262 e. The van der Waals surface area contributed by atoms with Crippen molar-refractivity contribution in [3.8, 4) is 17.2 Å². The van der Waals surface area contributed by atoms with Crippen LogP contribution in [-0.2, 0) is 11.2 Å². The molecular weight excluding hydrogens is 318 g/mol. The van der Waals surface area contributed by atoms with Gasteiger partial charge in [-0.2, -0.15) is 0 Å².